The number of hydrogen-bond donors (Lipinski definition) is 0. The van der Waals surface area contributed by atoms with E-state index in [1.54, 1.807) is 0 Å². The molecule has 0 nitrogen and oxygen atoms in total. The molecule has 0 aromatic rings. The Labute approximate surface area is 101 Å². The fourth-order valence-electron chi connectivity index (χ4n) is 0.677. The van der Waals surface area contributed by atoms with Crippen molar-refractivity contribution in [1.29, 1.82) is 0 Å². The van der Waals surface area contributed by atoms with E-state index in [4.69, 9.17) is 0 Å². The van der Waals surface area contributed by atoms with Crippen molar-refractivity contribution in [2.45, 2.75) is 69.5 Å². The van der Waals surface area contributed by atoms with Crippen LogP contribution >= 0.6 is 31.9 Å². The monoisotopic (exact) mass is 314 g/mol. The molecule has 2 heteroatoms. The van der Waals surface area contributed by atoms with E-state index in [2.05, 4.69) is 59.6 Å². The maximum Gasteiger partial charge on any atom is 0.0240 e. The Morgan fingerprint density at radius 3 is 1.23 bits per heavy atom. The lowest BCUT2D eigenvalue weighted by Crippen LogP contribution is -2.02. The Balaban J connectivity index is 0. The van der Waals surface area contributed by atoms with Crippen molar-refractivity contribution in [2.75, 3.05) is 0 Å². The van der Waals surface area contributed by atoms with Gasteiger partial charge in [0.2, 0.25) is 0 Å². The molecular weight excluding hydrogens is 292 g/mol. The first-order valence-electron chi connectivity index (χ1n) is 5.34. The lowest BCUT2D eigenvalue weighted by Gasteiger charge is -2.01. The van der Waals surface area contributed by atoms with E-state index in [1.165, 1.54) is 32.1 Å². The first kappa shape index (κ1) is 16.4. The Bertz CT molecular complexity index is 70.2. The van der Waals surface area contributed by atoms with E-state index >= 15 is 0 Å². The number of halogens is 2. The second-order valence-electron chi connectivity index (χ2n) is 3.42. The van der Waals surface area contributed by atoms with E-state index < -0.39 is 0 Å². The highest BCUT2D eigenvalue weighted by atomic mass is 79.9. The van der Waals surface area contributed by atoms with Crippen LogP contribution in [0.1, 0.15) is 59.8 Å². The van der Waals surface area contributed by atoms with Crippen molar-refractivity contribution in [1.82, 2.24) is 0 Å². The third-order valence-corrected chi connectivity index (χ3v) is 4.14. The predicted octanol–water partition coefficient (Wildman–Crippen LogP) is 5.53. The molecule has 0 amide bonds. The van der Waals surface area contributed by atoms with Crippen LogP contribution in [0.2, 0.25) is 0 Å². The summed E-state index contributed by atoms with van der Waals surface area (Å²) in [6.07, 6.45) is 7.01. The molecule has 0 aliphatic heterocycles. The summed E-state index contributed by atoms with van der Waals surface area (Å²) in [5, 5.41) is 0. The predicted molar refractivity (Wildman–Crippen MR) is 71.2 cm³/mol. The van der Waals surface area contributed by atoms with Crippen molar-refractivity contribution >= 4 is 31.9 Å². The number of hydrogen-bond acceptors (Lipinski definition) is 0. The molecule has 0 heterocycles. The van der Waals surface area contributed by atoms with Crippen LogP contribution in [0.25, 0.3) is 0 Å². The lowest BCUT2D eigenvalue weighted by molar-refractivity contribution is 0.656. The zero-order valence-corrected chi connectivity index (χ0v) is 12.6. The molecule has 0 saturated heterocycles. The van der Waals surface area contributed by atoms with Gasteiger partial charge in [0, 0.05) is 9.65 Å². The van der Waals surface area contributed by atoms with Gasteiger partial charge in [-0.05, 0) is 0 Å². The Morgan fingerprint density at radius 1 is 0.769 bits per heavy atom. The molecule has 0 aromatic carbocycles. The van der Waals surface area contributed by atoms with Crippen LogP contribution in [-0.4, -0.2) is 9.65 Å². The van der Waals surface area contributed by atoms with E-state index in [0.717, 1.165) is 0 Å². The number of alkyl halides is 2. The zero-order chi connectivity index (χ0) is 10.7. The topological polar surface area (TPSA) is 0 Å². The summed E-state index contributed by atoms with van der Waals surface area (Å²) in [6, 6.07) is 0. The van der Waals surface area contributed by atoms with Gasteiger partial charge in [-0.15, -0.1) is 0 Å². The molecule has 2 atom stereocenters. The average Bonchev–Trinajstić information content (AvgIpc) is 2.06. The normalized spacial score (nSPS) is 14.3. The van der Waals surface area contributed by atoms with Gasteiger partial charge in [0.1, 0.15) is 0 Å². The SMILES string of the molecule is CC(Br)C(C)Br.CCCCCCC. The highest BCUT2D eigenvalue weighted by molar-refractivity contribution is 9.12. The molecule has 0 radical (unpaired) electrons. The maximum atomic E-state index is 3.39. The lowest BCUT2D eigenvalue weighted by atomic mass is 10.2. The molecule has 0 bridgehead atoms. The van der Waals surface area contributed by atoms with Gasteiger partial charge >= 0.3 is 0 Å². The molecule has 82 valence electrons. The third kappa shape index (κ3) is 19.4. The summed E-state index contributed by atoms with van der Waals surface area (Å²) in [5.41, 5.74) is 0. The fraction of sp³-hybridized carbons (Fsp3) is 1.00. The molecule has 0 aliphatic carbocycles. The van der Waals surface area contributed by atoms with Gasteiger partial charge in [-0.25, -0.2) is 0 Å². The van der Waals surface area contributed by atoms with Crippen molar-refractivity contribution in [3.63, 3.8) is 0 Å². The molecule has 0 aliphatic rings. The molecule has 2 unspecified atom stereocenters. The molecule has 13 heavy (non-hydrogen) atoms. The number of rotatable bonds is 5. The Hall–Kier alpha value is 0.960. The molecular formula is C11H24Br2. The van der Waals surface area contributed by atoms with Crippen LogP contribution < -0.4 is 0 Å². The van der Waals surface area contributed by atoms with Gasteiger partial charge < -0.3 is 0 Å². The highest BCUT2D eigenvalue weighted by Crippen LogP contribution is 2.10. The maximum absolute atomic E-state index is 3.39. The molecule has 0 rings (SSSR count). The molecule has 0 aromatic heterocycles. The average molecular weight is 316 g/mol. The van der Waals surface area contributed by atoms with Crippen LogP contribution in [0.4, 0.5) is 0 Å². The van der Waals surface area contributed by atoms with Gasteiger partial charge in [0.05, 0.1) is 0 Å². The van der Waals surface area contributed by atoms with Gasteiger partial charge in [-0.3, -0.25) is 0 Å². The Kier molecular flexibility index (Phi) is 16.3. The van der Waals surface area contributed by atoms with E-state index in [1.807, 2.05) is 0 Å². The summed E-state index contributed by atoms with van der Waals surface area (Å²) in [4.78, 5) is 1.16. The van der Waals surface area contributed by atoms with Gasteiger partial charge in [0.25, 0.3) is 0 Å². The van der Waals surface area contributed by atoms with Crippen LogP contribution in [0, 0.1) is 0 Å². The first-order valence-corrected chi connectivity index (χ1v) is 7.17. The van der Waals surface area contributed by atoms with E-state index in [9.17, 15) is 0 Å². The minimum atomic E-state index is 0.581. The van der Waals surface area contributed by atoms with E-state index in [0.29, 0.717) is 9.65 Å². The van der Waals surface area contributed by atoms with Crippen molar-refractivity contribution < 1.29 is 0 Å². The summed E-state index contributed by atoms with van der Waals surface area (Å²) < 4.78 is 0. The van der Waals surface area contributed by atoms with Crippen molar-refractivity contribution in [3.8, 4) is 0 Å². The summed E-state index contributed by atoms with van der Waals surface area (Å²) >= 11 is 6.78. The van der Waals surface area contributed by atoms with Crippen molar-refractivity contribution in [3.05, 3.63) is 0 Å². The number of unbranched alkanes of at least 4 members (excludes halogenated alkanes) is 4. The smallest absolute Gasteiger partial charge is 0.0240 e. The van der Waals surface area contributed by atoms with E-state index in [-0.39, 0.29) is 0 Å². The standard InChI is InChI=1S/C7H16.C4H8Br2/c1-3-5-7-6-4-2;1-3(5)4(2)6/h3-7H2,1-2H3;3-4H,1-2H3. The third-order valence-electron chi connectivity index (χ3n) is 1.84. The fourth-order valence-corrected chi connectivity index (χ4v) is 0.677. The van der Waals surface area contributed by atoms with Gasteiger partial charge in [0.15, 0.2) is 0 Å². The van der Waals surface area contributed by atoms with Gasteiger partial charge in [-0.2, -0.15) is 0 Å². The second-order valence-corrected chi connectivity index (χ2v) is 6.30. The minimum Gasteiger partial charge on any atom is -0.0882 e. The van der Waals surface area contributed by atoms with Gasteiger partial charge in [-0.1, -0.05) is 91.7 Å². The second kappa shape index (κ2) is 13.0. The first-order chi connectivity index (χ1) is 6.06. The van der Waals surface area contributed by atoms with Crippen LogP contribution in [-0.2, 0) is 0 Å². The zero-order valence-electron chi connectivity index (χ0n) is 9.45. The van der Waals surface area contributed by atoms with Crippen LogP contribution in [0.3, 0.4) is 0 Å². The molecule has 0 fully saturated rings. The quantitative estimate of drug-likeness (QED) is 0.462. The molecule has 0 saturated carbocycles. The summed E-state index contributed by atoms with van der Waals surface area (Å²) in [5.74, 6) is 0. The van der Waals surface area contributed by atoms with Crippen LogP contribution in [0.15, 0.2) is 0 Å². The summed E-state index contributed by atoms with van der Waals surface area (Å²) in [6.45, 7) is 8.71. The van der Waals surface area contributed by atoms with Crippen LogP contribution in [0.5, 0.6) is 0 Å². The highest BCUT2D eigenvalue weighted by Gasteiger charge is 2.00. The minimum absolute atomic E-state index is 0.581. The van der Waals surface area contributed by atoms with Crippen molar-refractivity contribution in [2.24, 2.45) is 0 Å². The summed E-state index contributed by atoms with van der Waals surface area (Å²) in [7, 11) is 0. The molecule has 0 spiro atoms. The Morgan fingerprint density at radius 2 is 1.08 bits per heavy atom. The largest absolute Gasteiger partial charge is 0.0882 e. The molecule has 0 N–H and O–H groups in total.